The van der Waals surface area contributed by atoms with Gasteiger partial charge >= 0.3 is 0 Å². The summed E-state index contributed by atoms with van der Waals surface area (Å²) in [4.78, 5) is 0. The lowest BCUT2D eigenvalue weighted by Crippen LogP contribution is -2.43. The average Bonchev–Trinajstić information content (AvgIpc) is 2.71. The molecule has 1 aliphatic heterocycles. The lowest BCUT2D eigenvalue weighted by atomic mass is 9.80. The molecular formula is C16H16O5. The van der Waals surface area contributed by atoms with E-state index in [0.717, 1.165) is 16.7 Å². The van der Waals surface area contributed by atoms with E-state index in [9.17, 15) is 20.4 Å². The number of hydrogen-bond donors (Lipinski definition) is 4. The fourth-order valence-electron chi connectivity index (χ4n) is 3.46. The zero-order valence-electron chi connectivity index (χ0n) is 11.1. The van der Waals surface area contributed by atoms with Crippen LogP contribution in [0.15, 0.2) is 30.3 Å². The van der Waals surface area contributed by atoms with Gasteiger partial charge in [-0.3, -0.25) is 0 Å². The van der Waals surface area contributed by atoms with Crippen molar-refractivity contribution in [3.8, 4) is 23.0 Å². The molecule has 0 bridgehead atoms. The monoisotopic (exact) mass is 288 g/mol. The fourth-order valence-corrected chi connectivity index (χ4v) is 3.46. The van der Waals surface area contributed by atoms with Crippen molar-refractivity contribution in [3.05, 3.63) is 47.0 Å². The second kappa shape index (κ2) is 3.83. The molecule has 2 atom stereocenters. The van der Waals surface area contributed by atoms with Gasteiger partial charge < -0.3 is 25.2 Å². The average molecular weight is 288 g/mol. The molecule has 0 saturated carbocycles. The third kappa shape index (κ3) is 1.61. The first kappa shape index (κ1) is 12.3. The Morgan fingerprint density at radius 3 is 2.62 bits per heavy atom. The van der Waals surface area contributed by atoms with E-state index < -0.39 is 5.60 Å². The van der Waals surface area contributed by atoms with Gasteiger partial charge in [0.05, 0.1) is 0 Å². The molecule has 2 unspecified atom stereocenters. The van der Waals surface area contributed by atoms with Crippen molar-refractivity contribution in [2.24, 2.45) is 0 Å². The van der Waals surface area contributed by atoms with Crippen LogP contribution in [-0.2, 0) is 6.42 Å². The molecule has 21 heavy (non-hydrogen) atoms. The van der Waals surface area contributed by atoms with Crippen LogP contribution in [-0.4, -0.2) is 32.6 Å². The first-order valence-electron chi connectivity index (χ1n) is 6.71. The number of benzene rings is 2. The molecule has 5 nitrogen and oxygen atoms in total. The maximum atomic E-state index is 10.9. The number of phenols is 3. The highest BCUT2D eigenvalue weighted by atomic mass is 16.5. The molecule has 0 saturated heterocycles. The minimum absolute atomic E-state index is 0. The van der Waals surface area contributed by atoms with E-state index in [0.29, 0.717) is 12.2 Å². The summed E-state index contributed by atoms with van der Waals surface area (Å²) in [5.74, 6) is -0.105. The molecule has 1 aliphatic carbocycles. The molecule has 4 rings (SSSR count). The van der Waals surface area contributed by atoms with Gasteiger partial charge in [0.15, 0.2) is 11.5 Å². The van der Waals surface area contributed by atoms with Crippen LogP contribution in [0.3, 0.4) is 0 Å². The van der Waals surface area contributed by atoms with E-state index in [-0.39, 0.29) is 31.2 Å². The van der Waals surface area contributed by atoms with E-state index >= 15 is 0 Å². The van der Waals surface area contributed by atoms with E-state index in [4.69, 9.17) is 4.74 Å². The van der Waals surface area contributed by atoms with Gasteiger partial charge in [0, 0.05) is 25.4 Å². The second-order valence-electron chi connectivity index (χ2n) is 5.76. The van der Waals surface area contributed by atoms with Crippen LogP contribution in [0.1, 0.15) is 24.0 Å². The zero-order valence-corrected chi connectivity index (χ0v) is 11.1. The van der Waals surface area contributed by atoms with Gasteiger partial charge in [-0.05, 0) is 29.3 Å². The number of phenolic OH excluding ortho intramolecular Hbond substituents is 3. The molecule has 0 radical (unpaired) electrons. The SMILES string of the molecule is Oc1ccc2c(c1)OCC1(O)Cc3cc(O)c(O)cc3C21.[HH]. The Hall–Kier alpha value is -2.40. The second-order valence-corrected chi connectivity index (χ2v) is 5.76. The molecule has 2 aliphatic rings. The number of hydrogen-bond acceptors (Lipinski definition) is 5. The van der Waals surface area contributed by atoms with Crippen molar-refractivity contribution < 1.29 is 26.6 Å². The predicted octanol–water partition coefficient (Wildman–Crippen LogP) is 1.86. The largest absolute Gasteiger partial charge is 0.508 e. The first-order chi connectivity index (χ1) is 9.98. The zero-order chi connectivity index (χ0) is 14.8. The molecule has 0 fully saturated rings. The van der Waals surface area contributed by atoms with Gasteiger partial charge in [0.2, 0.25) is 0 Å². The molecule has 1 heterocycles. The van der Waals surface area contributed by atoms with Crippen molar-refractivity contribution in [1.82, 2.24) is 0 Å². The highest BCUT2D eigenvalue weighted by molar-refractivity contribution is 5.58. The maximum Gasteiger partial charge on any atom is 0.157 e. The van der Waals surface area contributed by atoms with Crippen LogP contribution in [0.5, 0.6) is 23.0 Å². The number of ether oxygens (including phenoxy) is 1. The van der Waals surface area contributed by atoms with Gasteiger partial charge in [0.25, 0.3) is 0 Å². The van der Waals surface area contributed by atoms with E-state index in [1.807, 2.05) is 0 Å². The summed E-state index contributed by atoms with van der Waals surface area (Å²) in [6.07, 6.45) is 0.348. The Morgan fingerprint density at radius 1 is 1.05 bits per heavy atom. The van der Waals surface area contributed by atoms with Gasteiger partial charge in [-0.2, -0.15) is 0 Å². The molecule has 0 amide bonds. The van der Waals surface area contributed by atoms with Crippen LogP contribution < -0.4 is 4.74 Å². The van der Waals surface area contributed by atoms with Crippen LogP contribution in [0.25, 0.3) is 0 Å². The number of aromatic hydroxyl groups is 3. The fraction of sp³-hybridized carbons (Fsp3) is 0.250. The van der Waals surface area contributed by atoms with Gasteiger partial charge in [0.1, 0.15) is 23.7 Å². The van der Waals surface area contributed by atoms with Crippen LogP contribution >= 0.6 is 0 Å². The molecular weight excluding hydrogens is 272 g/mol. The van der Waals surface area contributed by atoms with Crippen molar-refractivity contribution in [3.63, 3.8) is 0 Å². The Bertz CT molecular complexity index is 760. The normalized spacial score (nSPS) is 25.7. The summed E-state index contributed by atoms with van der Waals surface area (Å²) in [5, 5.41) is 39.8. The molecule has 0 aromatic heterocycles. The van der Waals surface area contributed by atoms with Crippen molar-refractivity contribution in [2.45, 2.75) is 17.9 Å². The molecule has 0 spiro atoms. The molecule has 4 N–H and O–H groups in total. The lowest BCUT2D eigenvalue weighted by Gasteiger charge is -2.36. The Balaban J connectivity index is 0.00000144. The minimum atomic E-state index is -1.10. The summed E-state index contributed by atoms with van der Waals surface area (Å²) in [6, 6.07) is 7.77. The highest BCUT2D eigenvalue weighted by Gasteiger charge is 2.50. The Kier molecular flexibility index (Phi) is 2.25. The van der Waals surface area contributed by atoms with Crippen LogP contribution in [0, 0.1) is 0 Å². The van der Waals surface area contributed by atoms with E-state index in [1.165, 1.54) is 18.2 Å². The summed E-state index contributed by atoms with van der Waals surface area (Å²) < 4.78 is 5.58. The molecule has 2 aromatic rings. The van der Waals surface area contributed by atoms with Crippen LogP contribution in [0.4, 0.5) is 0 Å². The Morgan fingerprint density at radius 2 is 1.81 bits per heavy atom. The number of fused-ring (bicyclic) bond motifs is 5. The van der Waals surface area contributed by atoms with Crippen molar-refractivity contribution in [1.29, 1.82) is 0 Å². The summed E-state index contributed by atoms with van der Waals surface area (Å²) in [5.41, 5.74) is 1.24. The summed E-state index contributed by atoms with van der Waals surface area (Å²) >= 11 is 0. The standard InChI is InChI=1S/C16H14O5.H2/c17-9-1-2-10-14(4-9)21-7-16(20)6-8-3-12(18)13(19)5-11(8)15(10)16;/h1-5,15,17-20H,6-7H2;1H. The lowest BCUT2D eigenvalue weighted by molar-refractivity contribution is -0.0218. The van der Waals surface area contributed by atoms with E-state index in [2.05, 4.69) is 0 Å². The summed E-state index contributed by atoms with van der Waals surface area (Å²) in [7, 11) is 0. The third-order valence-electron chi connectivity index (χ3n) is 4.37. The molecule has 2 aromatic carbocycles. The topological polar surface area (TPSA) is 90.2 Å². The van der Waals surface area contributed by atoms with Crippen molar-refractivity contribution >= 4 is 0 Å². The third-order valence-corrected chi connectivity index (χ3v) is 4.37. The predicted molar refractivity (Wildman–Crippen MR) is 76.0 cm³/mol. The first-order valence-corrected chi connectivity index (χ1v) is 6.71. The van der Waals surface area contributed by atoms with E-state index in [1.54, 1.807) is 12.1 Å². The summed E-state index contributed by atoms with van der Waals surface area (Å²) in [6.45, 7) is 0.102. The van der Waals surface area contributed by atoms with Crippen molar-refractivity contribution in [2.75, 3.05) is 6.61 Å². The minimum Gasteiger partial charge on any atom is -0.508 e. The van der Waals surface area contributed by atoms with Crippen LogP contribution in [0.2, 0.25) is 0 Å². The van der Waals surface area contributed by atoms with Gasteiger partial charge in [-0.25, -0.2) is 0 Å². The smallest absolute Gasteiger partial charge is 0.157 e. The molecule has 5 heteroatoms. The van der Waals surface area contributed by atoms with Gasteiger partial charge in [-0.15, -0.1) is 0 Å². The maximum absolute atomic E-state index is 10.9. The quantitative estimate of drug-likeness (QED) is 0.556. The highest BCUT2D eigenvalue weighted by Crippen LogP contribution is 2.52. The Labute approximate surface area is 122 Å². The molecule has 110 valence electrons. The van der Waals surface area contributed by atoms with Gasteiger partial charge in [-0.1, -0.05) is 6.07 Å². The number of aliphatic hydroxyl groups is 1. The number of rotatable bonds is 0.